The molecule has 0 amide bonds. The number of carbonyl (C=O) groups is 1. The summed E-state index contributed by atoms with van der Waals surface area (Å²) in [6.45, 7) is 7.53. The Morgan fingerprint density at radius 3 is 2.60 bits per heavy atom. The summed E-state index contributed by atoms with van der Waals surface area (Å²) in [5.74, 6) is -1.10. The SMILES string of the molecule is C=C1C(=O)O[C@H]2C[C@@H](C)[C@@H]3[C@@H](O)C[C@@H](O)[C@@]3(C)[C@@H](O)[C@H]12. The first-order valence-electron chi connectivity index (χ1n) is 7.22. The Morgan fingerprint density at radius 2 is 1.95 bits per heavy atom. The summed E-state index contributed by atoms with van der Waals surface area (Å²) in [5.41, 5.74) is -0.556. The van der Waals surface area contributed by atoms with Crippen LogP contribution in [-0.2, 0) is 9.53 Å². The van der Waals surface area contributed by atoms with Crippen LogP contribution in [0.4, 0.5) is 0 Å². The van der Waals surface area contributed by atoms with Gasteiger partial charge in [-0.3, -0.25) is 0 Å². The molecule has 2 saturated carbocycles. The number of fused-ring (bicyclic) bond motifs is 2. The fourth-order valence-electron chi connectivity index (χ4n) is 4.79. The van der Waals surface area contributed by atoms with Gasteiger partial charge in [-0.15, -0.1) is 0 Å². The zero-order valence-electron chi connectivity index (χ0n) is 11.8. The number of hydrogen-bond acceptors (Lipinski definition) is 5. The fraction of sp³-hybridized carbons (Fsp3) is 0.800. The molecule has 3 aliphatic rings. The Bertz CT molecular complexity index is 461. The molecule has 3 N–H and O–H groups in total. The maximum absolute atomic E-state index is 11.7. The second kappa shape index (κ2) is 4.29. The highest BCUT2D eigenvalue weighted by Gasteiger charge is 2.63. The first-order chi connectivity index (χ1) is 9.28. The average molecular weight is 282 g/mol. The minimum absolute atomic E-state index is 0.0514. The molecule has 0 bridgehead atoms. The lowest BCUT2D eigenvalue weighted by Gasteiger charge is -2.41. The highest BCUT2D eigenvalue weighted by Crippen LogP contribution is 2.56. The molecular weight excluding hydrogens is 260 g/mol. The van der Waals surface area contributed by atoms with E-state index in [0.717, 1.165) is 0 Å². The maximum Gasteiger partial charge on any atom is 0.334 e. The number of ether oxygens (including phenoxy) is 1. The Labute approximate surface area is 118 Å². The molecule has 1 saturated heterocycles. The van der Waals surface area contributed by atoms with E-state index in [1.165, 1.54) is 0 Å². The predicted molar refractivity (Wildman–Crippen MR) is 70.5 cm³/mol. The number of carbonyl (C=O) groups excluding carboxylic acids is 1. The van der Waals surface area contributed by atoms with Crippen LogP contribution in [0.25, 0.3) is 0 Å². The van der Waals surface area contributed by atoms with Gasteiger partial charge in [-0.05, 0) is 18.3 Å². The summed E-state index contributed by atoms with van der Waals surface area (Å²) >= 11 is 0. The van der Waals surface area contributed by atoms with Crippen molar-refractivity contribution in [2.75, 3.05) is 0 Å². The van der Waals surface area contributed by atoms with Crippen molar-refractivity contribution in [1.82, 2.24) is 0 Å². The molecule has 0 aromatic rings. The van der Waals surface area contributed by atoms with Gasteiger partial charge in [-0.25, -0.2) is 4.79 Å². The lowest BCUT2D eigenvalue weighted by molar-refractivity contribution is -0.140. The third-order valence-electron chi connectivity index (χ3n) is 5.83. The molecule has 0 radical (unpaired) electrons. The highest BCUT2D eigenvalue weighted by molar-refractivity contribution is 5.91. The van der Waals surface area contributed by atoms with Crippen molar-refractivity contribution >= 4 is 5.97 Å². The molecule has 20 heavy (non-hydrogen) atoms. The predicted octanol–water partition coefficient (Wildman–Crippen LogP) is 0.233. The summed E-state index contributed by atoms with van der Waals surface area (Å²) in [7, 11) is 0. The van der Waals surface area contributed by atoms with E-state index in [4.69, 9.17) is 4.74 Å². The quantitative estimate of drug-likeness (QED) is 0.437. The number of rotatable bonds is 0. The van der Waals surface area contributed by atoms with Crippen molar-refractivity contribution in [3.05, 3.63) is 12.2 Å². The molecule has 112 valence electrons. The summed E-state index contributed by atoms with van der Waals surface area (Å²) in [6, 6.07) is 0. The Kier molecular flexibility index (Phi) is 3.01. The van der Waals surface area contributed by atoms with Crippen LogP contribution in [0.15, 0.2) is 12.2 Å². The van der Waals surface area contributed by atoms with Crippen molar-refractivity contribution in [1.29, 1.82) is 0 Å². The Hall–Kier alpha value is -0.910. The summed E-state index contributed by atoms with van der Waals surface area (Å²) in [4.78, 5) is 11.7. The van der Waals surface area contributed by atoms with Gasteiger partial charge in [0.05, 0.1) is 24.2 Å². The van der Waals surface area contributed by atoms with Gasteiger partial charge in [0.15, 0.2) is 0 Å². The largest absolute Gasteiger partial charge is 0.458 e. The zero-order valence-corrected chi connectivity index (χ0v) is 11.8. The third kappa shape index (κ3) is 1.57. The van der Waals surface area contributed by atoms with E-state index >= 15 is 0 Å². The molecule has 3 fully saturated rings. The standard InChI is InChI=1S/C15H22O5/c1-6-4-9-11(7(2)14(19)20-9)13(18)15(3)10(17)5-8(16)12(6)15/h6,8-13,16-18H,2,4-5H2,1,3H3/t6-,8+,9+,10-,11-,12-,13+,15-/m1/s1. The molecule has 2 aliphatic carbocycles. The van der Waals surface area contributed by atoms with Gasteiger partial charge in [0.1, 0.15) is 6.10 Å². The van der Waals surface area contributed by atoms with E-state index in [9.17, 15) is 20.1 Å². The van der Waals surface area contributed by atoms with Crippen LogP contribution in [0.5, 0.6) is 0 Å². The second-order valence-electron chi connectivity index (χ2n) is 6.86. The van der Waals surface area contributed by atoms with Crippen molar-refractivity contribution in [3.8, 4) is 0 Å². The zero-order chi connectivity index (χ0) is 14.8. The highest BCUT2D eigenvalue weighted by atomic mass is 16.6. The molecule has 1 aliphatic heterocycles. The Morgan fingerprint density at radius 1 is 1.30 bits per heavy atom. The van der Waals surface area contributed by atoms with Gasteiger partial charge in [0.2, 0.25) is 0 Å². The molecule has 1 heterocycles. The number of aliphatic hydroxyl groups is 3. The van der Waals surface area contributed by atoms with Crippen LogP contribution in [0.3, 0.4) is 0 Å². The molecule has 0 unspecified atom stereocenters. The Balaban J connectivity index is 2.06. The van der Waals surface area contributed by atoms with Gasteiger partial charge < -0.3 is 20.1 Å². The van der Waals surface area contributed by atoms with Crippen LogP contribution in [0.1, 0.15) is 26.7 Å². The van der Waals surface area contributed by atoms with E-state index in [1.54, 1.807) is 6.92 Å². The van der Waals surface area contributed by atoms with Crippen LogP contribution in [0.2, 0.25) is 0 Å². The van der Waals surface area contributed by atoms with E-state index in [-0.39, 0.29) is 23.8 Å². The molecular formula is C15H22O5. The molecule has 5 heteroatoms. The van der Waals surface area contributed by atoms with Crippen molar-refractivity contribution in [2.24, 2.45) is 23.2 Å². The lowest BCUT2D eigenvalue weighted by atomic mass is 9.67. The minimum Gasteiger partial charge on any atom is -0.458 e. The van der Waals surface area contributed by atoms with Gasteiger partial charge in [0.25, 0.3) is 0 Å². The van der Waals surface area contributed by atoms with Gasteiger partial charge in [-0.1, -0.05) is 20.4 Å². The van der Waals surface area contributed by atoms with Gasteiger partial charge in [0, 0.05) is 17.4 Å². The first kappa shape index (κ1) is 14.0. The number of esters is 1. The van der Waals surface area contributed by atoms with Crippen LogP contribution in [0, 0.1) is 23.2 Å². The summed E-state index contributed by atoms with van der Waals surface area (Å²) in [5, 5.41) is 31.4. The normalized spacial score (nSPS) is 55.1. The van der Waals surface area contributed by atoms with E-state index in [0.29, 0.717) is 6.42 Å². The summed E-state index contributed by atoms with van der Waals surface area (Å²) < 4.78 is 5.32. The third-order valence-corrected chi connectivity index (χ3v) is 5.83. The van der Waals surface area contributed by atoms with E-state index < -0.39 is 41.7 Å². The number of aliphatic hydroxyl groups excluding tert-OH is 3. The number of hydrogen-bond donors (Lipinski definition) is 3. The summed E-state index contributed by atoms with van der Waals surface area (Å²) in [6.07, 6.45) is -1.92. The van der Waals surface area contributed by atoms with Crippen LogP contribution < -0.4 is 0 Å². The minimum atomic E-state index is -0.937. The van der Waals surface area contributed by atoms with Crippen molar-refractivity contribution < 1.29 is 24.9 Å². The molecule has 0 spiro atoms. The van der Waals surface area contributed by atoms with E-state index in [1.807, 2.05) is 6.92 Å². The lowest BCUT2D eigenvalue weighted by Crippen LogP contribution is -2.49. The molecule has 3 rings (SSSR count). The molecule has 0 aromatic heterocycles. The topological polar surface area (TPSA) is 87.0 Å². The second-order valence-corrected chi connectivity index (χ2v) is 6.86. The molecule has 5 nitrogen and oxygen atoms in total. The fourth-order valence-corrected chi connectivity index (χ4v) is 4.79. The monoisotopic (exact) mass is 282 g/mol. The first-order valence-corrected chi connectivity index (χ1v) is 7.22. The van der Waals surface area contributed by atoms with Crippen molar-refractivity contribution in [3.63, 3.8) is 0 Å². The van der Waals surface area contributed by atoms with Crippen LogP contribution >= 0.6 is 0 Å². The maximum atomic E-state index is 11.7. The van der Waals surface area contributed by atoms with Gasteiger partial charge >= 0.3 is 5.97 Å². The molecule has 0 aromatic carbocycles. The van der Waals surface area contributed by atoms with Gasteiger partial charge in [-0.2, -0.15) is 0 Å². The van der Waals surface area contributed by atoms with Crippen molar-refractivity contribution in [2.45, 2.75) is 51.1 Å². The van der Waals surface area contributed by atoms with Crippen LogP contribution in [-0.4, -0.2) is 45.7 Å². The van der Waals surface area contributed by atoms with E-state index in [2.05, 4.69) is 6.58 Å². The smallest absolute Gasteiger partial charge is 0.334 e. The molecule has 8 atom stereocenters. The average Bonchev–Trinajstić information content (AvgIpc) is 2.72.